The van der Waals surface area contributed by atoms with Gasteiger partial charge in [-0.3, -0.25) is 0 Å². The maximum absolute atomic E-state index is 6.81. The summed E-state index contributed by atoms with van der Waals surface area (Å²) in [4.78, 5) is 2.36. The molecule has 3 heteroatoms. The fraction of sp³-hybridized carbons (Fsp3) is 0.0233. The predicted octanol–water partition coefficient (Wildman–Crippen LogP) is 12.0. The molecule has 1 spiro atoms. The van der Waals surface area contributed by atoms with Crippen LogP contribution in [0.25, 0.3) is 31.3 Å². The number of hydrogen-bond acceptors (Lipinski definition) is 3. The number of ether oxygens (including phenoxy) is 1. The van der Waals surface area contributed by atoms with Crippen LogP contribution < -0.4 is 9.64 Å². The number of rotatable bonds is 3. The lowest BCUT2D eigenvalue weighted by atomic mass is 9.66. The summed E-state index contributed by atoms with van der Waals surface area (Å²) in [5, 5.41) is 2.57. The first kappa shape index (κ1) is 25.7. The molecule has 0 fully saturated rings. The molecule has 1 aliphatic heterocycles. The molecule has 8 aromatic rings. The molecule has 1 unspecified atom stereocenters. The van der Waals surface area contributed by atoms with Crippen molar-refractivity contribution in [3.05, 3.63) is 186 Å². The van der Waals surface area contributed by atoms with Crippen LogP contribution >= 0.6 is 11.3 Å². The topological polar surface area (TPSA) is 12.5 Å². The zero-order chi connectivity index (χ0) is 30.2. The predicted molar refractivity (Wildman–Crippen MR) is 191 cm³/mol. The van der Waals surface area contributed by atoms with Crippen molar-refractivity contribution in [2.24, 2.45) is 0 Å². The number of benzene rings is 7. The van der Waals surface area contributed by atoms with Crippen molar-refractivity contribution in [2.75, 3.05) is 4.90 Å². The van der Waals surface area contributed by atoms with E-state index in [1.165, 1.54) is 53.6 Å². The zero-order valence-corrected chi connectivity index (χ0v) is 25.7. The number of nitrogens with zero attached hydrogens (tertiary/aromatic N) is 1. The third-order valence-corrected chi connectivity index (χ3v) is 10.8. The molecular formula is C43H27NOS. The van der Waals surface area contributed by atoms with Crippen molar-refractivity contribution in [1.82, 2.24) is 0 Å². The third-order valence-electron chi connectivity index (χ3n) is 9.71. The van der Waals surface area contributed by atoms with Crippen LogP contribution in [0.3, 0.4) is 0 Å². The number of para-hydroxylation sites is 3. The molecule has 2 aliphatic rings. The summed E-state index contributed by atoms with van der Waals surface area (Å²) >= 11 is 1.83. The van der Waals surface area contributed by atoms with E-state index in [4.69, 9.17) is 4.74 Å². The lowest BCUT2D eigenvalue weighted by Gasteiger charge is -2.40. The highest BCUT2D eigenvalue weighted by Gasteiger charge is 2.51. The summed E-state index contributed by atoms with van der Waals surface area (Å²) in [6, 6.07) is 59.4. The molecular weight excluding hydrogens is 579 g/mol. The molecule has 0 radical (unpaired) electrons. The van der Waals surface area contributed by atoms with Gasteiger partial charge in [-0.05, 0) is 82.9 Å². The van der Waals surface area contributed by atoms with Crippen LogP contribution in [0.15, 0.2) is 164 Å². The van der Waals surface area contributed by atoms with Gasteiger partial charge in [0.25, 0.3) is 0 Å². The molecule has 0 amide bonds. The van der Waals surface area contributed by atoms with E-state index in [9.17, 15) is 0 Å². The van der Waals surface area contributed by atoms with Crippen molar-refractivity contribution < 1.29 is 4.74 Å². The molecule has 1 atom stereocenters. The zero-order valence-electron chi connectivity index (χ0n) is 24.9. The molecule has 10 rings (SSSR count). The van der Waals surface area contributed by atoms with Crippen LogP contribution in [-0.2, 0) is 5.41 Å². The Hall–Kier alpha value is -5.64. The Kier molecular flexibility index (Phi) is 5.40. The first-order valence-corrected chi connectivity index (χ1v) is 16.5. The maximum Gasteiger partial charge on any atom is 0.133 e. The Morgan fingerprint density at radius 3 is 1.87 bits per heavy atom. The second-order valence-corrected chi connectivity index (χ2v) is 13.2. The highest BCUT2D eigenvalue weighted by atomic mass is 32.1. The minimum Gasteiger partial charge on any atom is -0.457 e. The van der Waals surface area contributed by atoms with Gasteiger partial charge < -0.3 is 9.64 Å². The van der Waals surface area contributed by atoms with E-state index >= 15 is 0 Å². The summed E-state index contributed by atoms with van der Waals surface area (Å²) < 4.78 is 9.35. The van der Waals surface area contributed by atoms with E-state index in [2.05, 4.69) is 169 Å². The Morgan fingerprint density at radius 1 is 0.413 bits per heavy atom. The van der Waals surface area contributed by atoms with Gasteiger partial charge in [0.1, 0.15) is 11.5 Å². The molecule has 2 heterocycles. The van der Waals surface area contributed by atoms with Gasteiger partial charge in [-0.25, -0.2) is 0 Å². The van der Waals surface area contributed by atoms with Crippen molar-refractivity contribution in [3.8, 4) is 22.6 Å². The lowest BCUT2D eigenvalue weighted by Crippen LogP contribution is -2.32. The second kappa shape index (κ2) is 9.68. The largest absolute Gasteiger partial charge is 0.457 e. The summed E-state index contributed by atoms with van der Waals surface area (Å²) in [5.74, 6) is 1.83. The normalized spacial score (nSPS) is 15.7. The van der Waals surface area contributed by atoms with Gasteiger partial charge in [0.05, 0.1) is 5.41 Å². The number of fused-ring (bicyclic) bond motifs is 12. The van der Waals surface area contributed by atoms with E-state index in [1.54, 1.807) is 0 Å². The molecule has 0 saturated heterocycles. The van der Waals surface area contributed by atoms with E-state index in [-0.39, 0.29) is 0 Å². The molecule has 7 aromatic carbocycles. The van der Waals surface area contributed by atoms with Gasteiger partial charge in [-0.2, -0.15) is 0 Å². The summed E-state index contributed by atoms with van der Waals surface area (Å²) in [6.45, 7) is 0. The van der Waals surface area contributed by atoms with E-state index in [0.717, 1.165) is 28.6 Å². The SMILES string of the molecule is c1ccc(N(c2ccccc2)c2ccc3c(c2)C2(c4ccccc4Oc4cc5sc6ccccc6c5cc42)c2ccccc2-3)cc1. The first-order chi connectivity index (χ1) is 22.8. The molecule has 1 aliphatic carbocycles. The van der Waals surface area contributed by atoms with Gasteiger partial charge in [-0.1, -0.05) is 103 Å². The number of hydrogen-bond donors (Lipinski definition) is 0. The fourth-order valence-corrected chi connectivity index (χ4v) is 8.96. The van der Waals surface area contributed by atoms with Gasteiger partial charge >= 0.3 is 0 Å². The van der Waals surface area contributed by atoms with Crippen LogP contribution in [0.1, 0.15) is 22.3 Å². The smallest absolute Gasteiger partial charge is 0.133 e. The van der Waals surface area contributed by atoms with Gasteiger partial charge in [0, 0.05) is 48.4 Å². The first-order valence-electron chi connectivity index (χ1n) is 15.7. The van der Waals surface area contributed by atoms with Crippen molar-refractivity contribution in [3.63, 3.8) is 0 Å². The fourth-order valence-electron chi connectivity index (χ4n) is 7.85. The van der Waals surface area contributed by atoms with E-state index in [0.29, 0.717) is 0 Å². The standard InChI is InChI=1S/C43H27NOS/c1-3-13-28(14-4-1)44(29-15-5-2-6-16-29)30-23-24-32-31-17-7-9-19-35(31)43(37(32)25-30)36-20-10-11-21-39(36)45-40-27-42-34(26-38(40)43)33-18-8-12-22-41(33)46-42/h1-27H. The Bertz CT molecular complexity index is 2420. The van der Waals surface area contributed by atoms with Crippen LogP contribution in [0, 0.1) is 0 Å². The minimum absolute atomic E-state index is 0.553. The van der Waals surface area contributed by atoms with Gasteiger partial charge in [0.2, 0.25) is 0 Å². The molecule has 0 saturated carbocycles. The average Bonchev–Trinajstić information content (AvgIpc) is 3.62. The van der Waals surface area contributed by atoms with Gasteiger partial charge in [0.15, 0.2) is 0 Å². The summed E-state index contributed by atoms with van der Waals surface area (Å²) in [6.07, 6.45) is 0. The molecule has 2 nitrogen and oxygen atoms in total. The summed E-state index contributed by atoms with van der Waals surface area (Å²) in [5.41, 5.74) is 10.3. The van der Waals surface area contributed by atoms with Crippen LogP contribution in [0.2, 0.25) is 0 Å². The summed E-state index contributed by atoms with van der Waals surface area (Å²) in [7, 11) is 0. The highest BCUT2D eigenvalue weighted by molar-refractivity contribution is 7.25. The van der Waals surface area contributed by atoms with Crippen LogP contribution in [0.4, 0.5) is 17.1 Å². The van der Waals surface area contributed by atoms with E-state index < -0.39 is 5.41 Å². The van der Waals surface area contributed by atoms with Crippen molar-refractivity contribution in [1.29, 1.82) is 0 Å². The van der Waals surface area contributed by atoms with Crippen LogP contribution in [-0.4, -0.2) is 0 Å². The molecule has 0 N–H and O–H groups in total. The quantitative estimate of drug-likeness (QED) is 0.199. The Labute approximate surface area is 271 Å². The molecule has 0 bridgehead atoms. The Balaban J connectivity index is 1.32. The van der Waals surface area contributed by atoms with E-state index in [1.807, 2.05) is 11.3 Å². The molecule has 216 valence electrons. The van der Waals surface area contributed by atoms with Crippen LogP contribution in [0.5, 0.6) is 11.5 Å². The maximum atomic E-state index is 6.81. The second-order valence-electron chi connectivity index (χ2n) is 12.1. The lowest BCUT2D eigenvalue weighted by molar-refractivity contribution is 0.437. The van der Waals surface area contributed by atoms with Crippen molar-refractivity contribution in [2.45, 2.75) is 5.41 Å². The highest BCUT2D eigenvalue weighted by Crippen LogP contribution is 2.63. The monoisotopic (exact) mass is 605 g/mol. The average molecular weight is 606 g/mol. The van der Waals surface area contributed by atoms with Crippen molar-refractivity contribution >= 4 is 48.6 Å². The van der Waals surface area contributed by atoms with Gasteiger partial charge in [-0.15, -0.1) is 11.3 Å². The molecule has 1 aromatic heterocycles. The number of thiophene rings is 1. The Morgan fingerprint density at radius 2 is 1.07 bits per heavy atom. The third kappa shape index (κ3) is 3.46. The number of anilines is 3. The molecule has 46 heavy (non-hydrogen) atoms. The minimum atomic E-state index is -0.553.